The summed E-state index contributed by atoms with van der Waals surface area (Å²) in [4.78, 5) is 167. The lowest BCUT2D eigenvalue weighted by molar-refractivity contribution is -0.282. The SMILES string of the molecule is CC[C@@H]1Cc2sccc2CN1C(=O)c1cc(OC)c(OCc2cc(COc3cc(NC(=O)OCc4ccc(O[C@@H]5O[C@H](C(=O)OC)[C@H](OC(C)=O)[C@H](OC(C)=O)C5OC(C)=O)cc4)c(C(=O)N4Cc5ccsc5C[C@@H]4CC)cc3OC)cc(CN(C)C)c2)cc1NC(=O)OCc1ccc(O[C@@H]2O[C@H](C(=O)OC)[C@H](OC(C)=O)[C@H](OC(C)=O)C2OC(C)=O)cc1. The van der Waals surface area contributed by atoms with Crippen LogP contribution in [0.5, 0.6) is 34.5 Å². The molecule has 2 unspecified atom stereocenters. The lowest BCUT2D eigenvalue weighted by atomic mass is 9.97. The molecule has 11 rings (SSSR count). The first kappa shape index (κ1) is 92.1. The zero-order valence-corrected chi connectivity index (χ0v) is 72.2. The molecule has 2 N–H and O–H groups in total. The maximum atomic E-state index is 15.1. The molecule has 7 aromatic rings. The summed E-state index contributed by atoms with van der Waals surface area (Å²) in [5.41, 5.74) is 5.23. The van der Waals surface area contributed by atoms with E-state index in [2.05, 4.69) is 10.6 Å². The van der Waals surface area contributed by atoms with Gasteiger partial charge in [-0.2, -0.15) is 0 Å². The largest absolute Gasteiger partial charge is 0.493 e. The third-order valence-electron chi connectivity index (χ3n) is 20.2. The van der Waals surface area contributed by atoms with Crippen LogP contribution in [0.3, 0.4) is 0 Å². The number of ether oxygens (including phenoxy) is 18. The number of esters is 8. The van der Waals surface area contributed by atoms with Crippen LogP contribution in [0.2, 0.25) is 0 Å². The van der Waals surface area contributed by atoms with Gasteiger partial charge in [0.1, 0.15) is 37.9 Å². The molecule has 0 aliphatic carbocycles. The Balaban J connectivity index is 0.826. The van der Waals surface area contributed by atoms with Gasteiger partial charge in [-0.25, -0.2) is 19.2 Å². The van der Waals surface area contributed by atoms with Crippen LogP contribution in [-0.2, 0) is 154 Å². The molecule has 2 saturated heterocycles. The van der Waals surface area contributed by atoms with Gasteiger partial charge >= 0.3 is 59.9 Å². The lowest BCUT2D eigenvalue weighted by Gasteiger charge is -2.43. The average molecular weight is 1760 g/mol. The molecular formula is C87H97N5O30S2. The van der Waals surface area contributed by atoms with Gasteiger partial charge in [0.2, 0.25) is 24.8 Å². The van der Waals surface area contributed by atoms with Gasteiger partial charge in [0, 0.05) is 108 Å². The number of fused-ring (bicyclic) bond motifs is 2. The maximum absolute atomic E-state index is 15.1. The summed E-state index contributed by atoms with van der Waals surface area (Å²) in [6, 6.07) is 27.3. The highest BCUT2D eigenvalue weighted by atomic mass is 32.1. The third-order valence-corrected chi connectivity index (χ3v) is 22.2. The van der Waals surface area contributed by atoms with Crippen molar-refractivity contribution in [2.75, 3.05) is 53.2 Å². The van der Waals surface area contributed by atoms with Crippen molar-refractivity contribution in [1.29, 1.82) is 0 Å². The Bertz CT molecular complexity index is 4770. The quantitative estimate of drug-likeness (QED) is 0.0292. The van der Waals surface area contributed by atoms with Crippen molar-refractivity contribution in [2.24, 2.45) is 0 Å². The normalized spacial score (nSPS) is 20.6. The Labute approximate surface area is 721 Å². The zero-order valence-electron chi connectivity index (χ0n) is 70.6. The monoisotopic (exact) mass is 1760 g/mol. The summed E-state index contributed by atoms with van der Waals surface area (Å²) in [7, 11) is 8.78. The van der Waals surface area contributed by atoms with E-state index in [1.807, 2.05) is 73.9 Å². The Morgan fingerprint density at radius 1 is 0.427 bits per heavy atom. The second kappa shape index (κ2) is 42.0. The molecule has 0 bridgehead atoms. The predicted octanol–water partition coefficient (Wildman–Crippen LogP) is 10.6. The topological polar surface area (TPSA) is 405 Å². The molecule has 12 atom stereocenters. The van der Waals surface area contributed by atoms with Crippen LogP contribution in [-0.4, -0.2) is 202 Å². The summed E-state index contributed by atoms with van der Waals surface area (Å²) in [6.45, 7) is 10.6. The van der Waals surface area contributed by atoms with Crippen molar-refractivity contribution in [3.8, 4) is 34.5 Å². The summed E-state index contributed by atoms with van der Waals surface area (Å²) in [5, 5.41) is 9.56. The zero-order chi connectivity index (χ0) is 89.3. The van der Waals surface area contributed by atoms with Gasteiger partial charge in [0.25, 0.3) is 11.8 Å². The van der Waals surface area contributed by atoms with Crippen molar-refractivity contribution in [1.82, 2.24) is 14.7 Å². The first-order valence-electron chi connectivity index (χ1n) is 39.4. The molecule has 5 aromatic carbocycles. The smallest absolute Gasteiger partial charge is 0.411 e. The number of nitrogens with zero attached hydrogens (tertiary/aromatic N) is 3. The van der Waals surface area contributed by atoms with Crippen LogP contribution >= 0.6 is 22.7 Å². The predicted molar refractivity (Wildman–Crippen MR) is 439 cm³/mol. The second-order valence-corrected chi connectivity index (χ2v) is 31.5. The van der Waals surface area contributed by atoms with Gasteiger partial charge < -0.3 is 100.0 Å². The number of anilines is 2. The molecule has 4 aliphatic rings. The van der Waals surface area contributed by atoms with Gasteiger partial charge in [-0.1, -0.05) is 50.2 Å². The van der Waals surface area contributed by atoms with Crippen molar-refractivity contribution < 1.29 is 143 Å². The maximum Gasteiger partial charge on any atom is 0.411 e. The van der Waals surface area contributed by atoms with E-state index in [0.717, 1.165) is 72.5 Å². The van der Waals surface area contributed by atoms with Crippen molar-refractivity contribution in [3.05, 3.63) is 174 Å². The van der Waals surface area contributed by atoms with Crippen LogP contribution in [0.1, 0.15) is 138 Å². The van der Waals surface area contributed by atoms with Gasteiger partial charge in [-0.3, -0.25) is 49.0 Å². The molecule has 2 aromatic heterocycles. The molecule has 37 heteroatoms. The van der Waals surface area contributed by atoms with E-state index in [4.69, 9.17) is 85.3 Å². The number of methoxy groups -OCH3 is 4. The van der Waals surface area contributed by atoms with Crippen molar-refractivity contribution in [3.63, 3.8) is 0 Å². The Kier molecular flexibility index (Phi) is 31.2. The van der Waals surface area contributed by atoms with E-state index < -0.39 is 133 Å². The van der Waals surface area contributed by atoms with Gasteiger partial charge in [-0.15, -0.1) is 22.7 Å². The summed E-state index contributed by atoms with van der Waals surface area (Å²) < 4.78 is 103. The van der Waals surface area contributed by atoms with E-state index in [-0.39, 0.29) is 95.5 Å². The standard InChI is InChI=1S/C87H97N5O30S2/c1-15-58-32-70-56(25-27-123-70)39-91(58)80(99)62-34-66(105-11)68(36-64(62)88-86(103)111-41-51-17-21-60(22-18-51)119-84-78(117-49(7)97)74(115-47(5)95)72(113-45(3)93)76(121-84)82(101)107-13)109-43-54-29-53(38-90(9)10)30-55(31-54)44-110-69-37-65(63(35-67(69)106-12)81(100)92-40-57-26-28-124-71(57)33-59(92)16-2)89-87(104)112-42-52-19-23-61(24-20-52)120-85-79(118-50(8)98)75(116-48(6)96)73(114-46(4)94)77(122-85)83(102)108-14/h17-31,34-37,58-59,72-79,84-85H,15-16,32-33,38-44H2,1-14H3,(H,88,103)(H,89,104)/t58-,59+,72-,73-,74+,75+,76+,77+,78?,79?,84-,85-/m1/s1. The number of nitrogens with one attached hydrogen (secondary N) is 2. The molecule has 4 amide bonds. The molecule has 0 radical (unpaired) electrons. The number of hydrogen-bond donors (Lipinski definition) is 2. The average Bonchev–Trinajstić information content (AvgIpc) is 0.938. The summed E-state index contributed by atoms with van der Waals surface area (Å²) in [5.74, 6) is -7.32. The number of hydrogen-bond acceptors (Lipinski definition) is 33. The summed E-state index contributed by atoms with van der Waals surface area (Å²) in [6.07, 6.45) is -15.7. The Morgan fingerprint density at radius 3 is 1.12 bits per heavy atom. The molecule has 124 heavy (non-hydrogen) atoms. The fraction of sp³-hybridized carbons (Fsp3) is 0.425. The minimum absolute atomic E-state index is 0.0274. The molecule has 35 nitrogen and oxygen atoms in total. The number of carbonyl (C=O) groups is 12. The van der Waals surface area contributed by atoms with Crippen LogP contribution in [0.15, 0.2) is 114 Å². The van der Waals surface area contributed by atoms with Gasteiger partial charge in [0.15, 0.2) is 59.6 Å². The fourth-order valence-corrected chi connectivity index (χ4v) is 16.6. The Hall–Kier alpha value is -12.6. The van der Waals surface area contributed by atoms with E-state index in [9.17, 15) is 47.9 Å². The van der Waals surface area contributed by atoms with Crippen LogP contribution in [0, 0.1) is 0 Å². The molecular weight excluding hydrogens is 1660 g/mol. The van der Waals surface area contributed by atoms with Crippen molar-refractivity contribution >= 4 is 106 Å². The third kappa shape index (κ3) is 23.2. The van der Waals surface area contributed by atoms with Crippen molar-refractivity contribution in [2.45, 2.75) is 201 Å². The summed E-state index contributed by atoms with van der Waals surface area (Å²) >= 11 is 3.25. The number of thiophene rings is 2. The van der Waals surface area contributed by atoms with Crippen LogP contribution in [0.25, 0.3) is 0 Å². The molecule has 6 heterocycles. The minimum atomic E-state index is -1.71. The molecule has 0 spiro atoms. The van der Waals surface area contributed by atoms with E-state index in [1.165, 1.54) is 96.8 Å². The number of amides is 4. The van der Waals surface area contributed by atoms with Crippen LogP contribution < -0.4 is 39.1 Å². The highest BCUT2D eigenvalue weighted by Gasteiger charge is 2.58. The first-order valence-corrected chi connectivity index (χ1v) is 41.2. The number of benzene rings is 5. The molecule has 2 fully saturated rings. The highest BCUT2D eigenvalue weighted by Crippen LogP contribution is 2.42. The fourth-order valence-electron chi connectivity index (χ4n) is 14.7. The molecule has 4 aliphatic heterocycles. The molecule has 0 saturated carbocycles. The number of rotatable bonds is 32. The first-order chi connectivity index (χ1) is 59.3. The van der Waals surface area contributed by atoms with E-state index in [1.54, 1.807) is 32.5 Å². The minimum Gasteiger partial charge on any atom is -0.493 e. The molecule has 662 valence electrons. The van der Waals surface area contributed by atoms with Gasteiger partial charge in [-0.05, 0) is 131 Å². The lowest BCUT2D eigenvalue weighted by Crippen LogP contribution is -2.64. The second-order valence-electron chi connectivity index (χ2n) is 29.5. The number of carbonyl (C=O) groups excluding carboxylic acids is 12. The van der Waals surface area contributed by atoms with E-state index in [0.29, 0.717) is 67.6 Å². The van der Waals surface area contributed by atoms with Gasteiger partial charge in [0.05, 0.1) is 50.9 Å². The van der Waals surface area contributed by atoms with E-state index >= 15 is 9.59 Å². The Morgan fingerprint density at radius 2 is 0.782 bits per heavy atom. The highest BCUT2D eigenvalue weighted by molar-refractivity contribution is 7.10. The van der Waals surface area contributed by atoms with Crippen LogP contribution in [0.4, 0.5) is 21.0 Å².